The number of carbonyl (C=O) groups is 1. The van der Waals surface area contributed by atoms with E-state index in [1.807, 2.05) is 16.7 Å². The molecule has 7 heteroatoms. The Hall–Kier alpha value is -1.82. The molecule has 24 heavy (non-hydrogen) atoms. The number of rotatable bonds is 5. The highest BCUT2D eigenvalue weighted by Gasteiger charge is 2.28. The van der Waals surface area contributed by atoms with Crippen molar-refractivity contribution in [2.45, 2.75) is 33.1 Å². The third kappa shape index (κ3) is 3.80. The molecule has 6 nitrogen and oxygen atoms in total. The predicted molar refractivity (Wildman–Crippen MR) is 95.4 cm³/mol. The monoisotopic (exact) mass is 349 g/mol. The first kappa shape index (κ1) is 17.0. The summed E-state index contributed by atoms with van der Waals surface area (Å²) < 4.78 is 1.89. The van der Waals surface area contributed by atoms with Crippen molar-refractivity contribution >= 4 is 29.1 Å². The molecule has 1 amide bonds. The Morgan fingerprint density at radius 3 is 3.04 bits per heavy atom. The fourth-order valence-corrected chi connectivity index (χ4v) is 3.23. The summed E-state index contributed by atoms with van der Waals surface area (Å²) in [7, 11) is 0. The van der Waals surface area contributed by atoms with Crippen LogP contribution in [-0.4, -0.2) is 40.1 Å². The van der Waals surface area contributed by atoms with E-state index >= 15 is 0 Å². The molecule has 2 aromatic heterocycles. The number of hydrogen-bond donors (Lipinski definition) is 1. The number of piperidine rings is 1. The van der Waals surface area contributed by atoms with Crippen molar-refractivity contribution in [1.29, 1.82) is 0 Å². The average molecular weight is 350 g/mol. The molecule has 1 atom stereocenters. The van der Waals surface area contributed by atoms with Crippen LogP contribution >= 0.6 is 11.6 Å². The standard InChI is InChI=1S/C17H24ClN5O/c1-12(2)7-8-19-16(24)13-4-3-9-22(10-13)17-21-20-15-6-5-14(18)11-23(15)17/h5-6,11-13H,3-4,7-10H2,1-2H3,(H,19,24)/t13-/m1/s1. The van der Waals surface area contributed by atoms with Gasteiger partial charge in [0, 0.05) is 25.8 Å². The Kier molecular flexibility index (Phi) is 5.23. The molecule has 3 heterocycles. The summed E-state index contributed by atoms with van der Waals surface area (Å²) in [5.74, 6) is 1.50. The lowest BCUT2D eigenvalue weighted by Gasteiger charge is -2.32. The number of hydrogen-bond acceptors (Lipinski definition) is 4. The Labute approximate surface area is 147 Å². The van der Waals surface area contributed by atoms with Crippen LogP contribution in [0.1, 0.15) is 33.1 Å². The van der Waals surface area contributed by atoms with Gasteiger partial charge in [-0.1, -0.05) is 25.4 Å². The number of aromatic nitrogens is 3. The van der Waals surface area contributed by atoms with E-state index < -0.39 is 0 Å². The van der Waals surface area contributed by atoms with Crippen molar-refractivity contribution in [3.05, 3.63) is 23.4 Å². The maximum atomic E-state index is 12.4. The van der Waals surface area contributed by atoms with Gasteiger partial charge in [0.25, 0.3) is 0 Å². The van der Waals surface area contributed by atoms with Gasteiger partial charge in [0.15, 0.2) is 5.65 Å². The molecule has 1 N–H and O–H groups in total. The van der Waals surface area contributed by atoms with Crippen LogP contribution in [-0.2, 0) is 4.79 Å². The molecule has 0 unspecified atom stereocenters. The van der Waals surface area contributed by atoms with Crippen molar-refractivity contribution < 1.29 is 4.79 Å². The van der Waals surface area contributed by atoms with Crippen molar-refractivity contribution in [2.75, 3.05) is 24.5 Å². The molecule has 2 aromatic rings. The Balaban J connectivity index is 1.68. The van der Waals surface area contributed by atoms with E-state index in [0.717, 1.165) is 43.9 Å². The van der Waals surface area contributed by atoms with E-state index in [1.54, 1.807) is 6.07 Å². The number of halogens is 1. The van der Waals surface area contributed by atoms with E-state index in [2.05, 4.69) is 34.3 Å². The number of nitrogens with zero attached hydrogens (tertiary/aromatic N) is 4. The fourth-order valence-electron chi connectivity index (χ4n) is 3.07. The molecule has 0 aromatic carbocycles. The zero-order valence-corrected chi connectivity index (χ0v) is 15.0. The van der Waals surface area contributed by atoms with Gasteiger partial charge in [0.2, 0.25) is 11.9 Å². The minimum Gasteiger partial charge on any atom is -0.356 e. The third-order valence-electron chi connectivity index (χ3n) is 4.44. The van der Waals surface area contributed by atoms with Crippen LogP contribution in [0.5, 0.6) is 0 Å². The molecule has 130 valence electrons. The normalized spacial score (nSPS) is 18.3. The fraction of sp³-hybridized carbons (Fsp3) is 0.588. The quantitative estimate of drug-likeness (QED) is 0.901. The summed E-state index contributed by atoms with van der Waals surface area (Å²) in [5.41, 5.74) is 0.762. The minimum atomic E-state index is -0.00236. The molecular formula is C17H24ClN5O. The molecule has 0 bridgehead atoms. The molecule has 1 fully saturated rings. The van der Waals surface area contributed by atoms with Crippen LogP contribution < -0.4 is 10.2 Å². The molecule has 1 aliphatic rings. The summed E-state index contributed by atoms with van der Waals surface area (Å²) in [6.07, 6.45) is 4.72. The lowest BCUT2D eigenvalue weighted by molar-refractivity contribution is -0.125. The number of pyridine rings is 1. The average Bonchev–Trinajstić information content (AvgIpc) is 2.97. The zero-order chi connectivity index (χ0) is 17.1. The van der Waals surface area contributed by atoms with Gasteiger partial charge in [-0.25, -0.2) is 0 Å². The highest BCUT2D eigenvalue weighted by Crippen LogP contribution is 2.23. The molecule has 0 aliphatic carbocycles. The number of fused-ring (bicyclic) bond motifs is 1. The Morgan fingerprint density at radius 1 is 1.42 bits per heavy atom. The molecule has 1 aliphatic heterocycles. The predicted octanol–water partition coefficient (Wildman–Crippen LogP) is 2.76. The maximum Gasteiger partial charge on any atom is 0.231 e. The first-order valence-corrected chi connectivity index (χ1v) is 8.95. The SMILES string of the molecule is CC(C)CCNC(=O)[C@@H]1CCCN(c2nnc3ccc(Cl)cn23)C1. The second kappa shape index (κ2) is 7.38. The van der Waals surface area contributed by atoms with Crippen LogP contribution in [0.3, 0.4) is 0 Å². The maximum absolute atomic E-state index is 12.4. The Bertz CT molecular complexity index is 714. The van der Waals surface area contributed by atoms with Gasteiger partial charge in [0.05, 0.1) is 10.9 Å². The van der Waals surface area contributed by atoms with Crippen molar-refractivity contribution in [3.63, 3.8) is 0 Å². The minimum absolute atomic E-state index is 0.00236. The van der Waals surface area contributed by atoms with Gasteiger partial charge in [-0.05, 0) is 37.3 Å². The Morgan fingerprint density at radius 2 is 2.25 bits per heavy atom. The van der Waals surface area contributed by atoms with Gasteiger partial charge in [0.1, 0.15) is 0 Å². The van der Waals surface area contributed by atoms with Crippen LogP contribution in [0.15, 0.2) is 18.3 Å². The van der Waals surface area contributed by atoms with Gasteiger partial charge in [-0.3, -0.25) is 9.20 Å². The highest BCUT2D eigenvalue weighted by atomic mass is 35.5. The third-order valence-corrected chi connectivity index (χ3v) is 4.67. The van der Waals surface area contributed by atoms with Crippen molar-refractivity contribution in [3.8, 4) is 0 Å². The van der Waals surface area contributed by atoms with Crippen LogP contribution in [0.4, 0.5) is 5.95 Å². The largest absolute Gasteiger partial charge is 0.356 e. The number of amides is 1. The van der Waals surface area contributed by atoms with Crippen LogP contribution in [0.25, 0.3) is 5.65 Å². The lowest BCUT2D eigenvalue weighted by Crippen LogP contribution is -2.44. The first-order chi connectivity index (χ1) is 11.5. The number of nitrogens with one attached hydrogen (secondary N) is 1. The zero-order valence-electron chi connectivity index (χ0n) is 14.2. The van der Waals surface area contributed by atoms with E-state index in [-0.39, 0.29) is 11.8 Å². The van der Waals surface area contributed by atoms with Crippen LogP contribution in [0, 0.1) is 11.8 Å². The van der Waals surface area contributed by atoms with Gasteiger partial charge in [-0.2, -0.15) is 0 Å². The highest BCUT2D eigenvalue weighted by molar-refractivity contribution is 6.30. The van der Waals surface area contributed by atoms with Crippen LogP contribution in [0.2, 0.25) is 5.02 Å². The van der Waals surface area contributed by atoms with Crippen molar-refractivity contribution in [2.24, 2.45) is 11.8 Å². The smallest absolute Gasteiger partial charge is 0.231 e. The summed E-state index contributed by atoms with van der Waals surface area (Å²) in [4.78, 5) is 14.5. The molecule has 3 rings (SSSR count). The van der Waals surface area contributed by atoms with Gasteiger partial charge in [-0.15, -0.1) is 10.2 Å². The van der Waals surface area contributed by atoms with E-state index in [0.29, 0.717) is 17.5 Å². The summed E-state index contributed by atoms with van der Waals surface area (Å²) in [5, 5.41) is 12.2. The molecule has 1 saturated heterocycles. The second-order valence-electron chi connectivity index (χ2n) is 6.83. The molecular weight excluding hydrogens is 326 g/mol. The van der Waals surface area contributed by atoms with E-state index in [4.69, 9.17) is 11.6 Å². The summed E-state index contributed by atoms with van der Waals surface area (Å²) in [6.45, 7) is 6.62. The van der Waals surface area contributed by atoms with E-state index in [1.165, 1.54) is 0 Å². The molecule has 0 saturated carbocycles. The molecule has 0 radical (unpaired) electrons. The topological polar surface area (TPSA) is 62.5 Å². The van der Waals surface area contributed by atoms with Gasteiger partial charge < -0.3 is 10.2 Å². The first-order valence-electron chi connectivity index (χ1n) is 8.57. The van der Waals surface area contributed by atoms with Crippen molar-refractivity contribution in [1.82, 2.24) is 19.9 Å². The molecule has 0 spiro atoms. The summed E-state index contributed by atoms with van der Waals surface area (Å²) >= 11 is 6.09. The number of anilines is 1. The second-order valence-corrected chi connectivity index (χ2v) is 7.27. The lowest BCUT2D eigenvalue weighted by atomic mass is 9.97. The van der Waals surface area contributed by atoms with Gasteiger partial charge >= 0.3 is 0 Å². The van der Waals surface area contributed by atoms with E-state index in [9.17, 15) is 4.79 Å². The number of carbonyl (C=O) groups excluding carboxylic acids is 1. The summed E-state index contributed by atoms with van der Waals surface area (Å²) in [6, 6.07) is 3.65.